The second kappa shape index (κ2) is 6.68. The quantitative estimate of drug-likeness (QED) is 0.742. The molecule has 0 saturated carbocycles. The zero-order valence-corrected chi connectivity index (χ0v) is 14.2. The van der Waals surface area contributed by atoms with Crippen molar-refractivity contribution in [3.8, 4) is 0 Å². The van der Waals surface area contributed by atoms with Gasteiger partial charge in [-0.25, -0.2) is 0 Å². The van der Waals surface area contributed by atoms with E-state index in [1.54, 1.807) is 50.2 Å². The normalized spacial score (nSPS) is 10.5. The van der Waals surface area contributed by atoms with Crippen molar-refractivity contribution in [2.45, 2.75) is 20.8 Å². The van der Waals surface area contributed by atoms with E-state index in [0.717, 1.165) is 5.56 Å². The molecule has 2 aromatic heterocycles. The van der Waals surface area contributed by atoms with E-state index in [0.29, 0.717) is 22.9 Å². The Morgan fingerprint density at radius 1 is 0.720 bits per heavy atom. The topological polar surface area (TPSA) is 84.5 Å². The van der Waals surface area contributed by atoms with Crippen LogP contribution in [0.1, 0.15) is 38.2 Å². The molecule has 2 N–H and O–H groups in total. The van der Waals surface area contributed by atoms with E-state index in [1.807, 2.05) is 13.0 Å². The van der Waals surface area contributed by atoms with Crippen molar-refractivity contribution >= 4 is 23.2 Å². The molecule has 0 aliphatic rings. The highest BCUT2D eigenvalue weighted by Gasteiger charge is 2.16. The summed E-state index contributed by atoms with van der Waals surface area (Å²) in [7, 11) is 0. The lowest BCUT2D eigenvalue weighted by atomic mass is 10.2. The minimum absolute atomic E-state index is 0.206. The van der Waals surface area contributed by atoms with Gasteiger partial charge in [0.15, 0.2) is 11.5 Å². The molecule has 0 radical (unpaired) electrons. The number of benzene rings is 1. The summed E-state index contributed by atoms with van der Waals surface area (Å²) >= 11 is 0. The third-order valence-electron chi connectivity index (χ3n) is 3.60. The number of hydrogen-bond donors (Lipinski definition) is 2. The van der Waals surface area contributed by atoms with Crippen LogP contribution in [0.4, 0.5) is 11.4 Å². The maximum Gasteiger partial charge on any atom is 0.291 e. The van der Waals surface area contributed by atoms with Gasteiger partial charge in [-0.2, -0.15) is 0 Å². The highest BCUT2D eigenvalue weighted by molar-refractivity contribution is 6.08. The SMILES string of the molecule is Cc1ccc(NC(=O)c2ccc(C)o2)c(NC(=O)c2ccc(C)o2)c1. The number of carbonyl (C=O) groups is 2. The Bertz CT molecular complexity index is 937. The lowest BCUT2D eigenvalue weighted by Crippen LogP contribution is -2.16. The molecule has 6 nitrogen and oxygen atoms in total. The molecule has 0 fully saturated rings. The lowest BCUT2D eigenvalue weighted by molar-refractivity contribution is 0.0986. The van der Waals surface area contributed by atoms with Crippen molar-refractivity contribution in [3.05, 3.63) is 71.1 Å². The van der Waals surface area contributed by atoms with Crippen LogP contribution in [0, 0.1) is 20.8 Å². The molecule has 3 aromatic rings. The predicted octanol–water partition coefficient (Wildman–Crippen LogP) is 4.30. The monoisotopic (exact) mass is 338 g/mol. The first-order valence-electron chi connectivity index (χ1n) is 7.78. The van der Waals surface area contributed by atoms with Crippen molar-refractivity contribution in [2.75, 3.05) is 10.6 Å². The van der Waals surface area contributed by atoms with Gasteiger partial charge in [-0.15, -0.1) is 0 Å². The molecule has 2 heterocycles. The van der Waals surface area contributed by atoms with E-state index < -0.39 is 0 Å². The van der Waals surface area contributed by atoms with Crippen LogP contribution in [-0.2, 0) is 0 Å². The zero-order valence-electron chi connectivity index (χ0n) is 14.2. The first-order valence-corrected chi connectivity index (χ1v) is 7.78. The molecular weight excluding hydrogens is 320 g/mol. The van der Waals surface area contributed by atoms with Crippen molar-refractivity contribution in [1.29, 1.82) is 0 Å². The van der Waals surface area contributed by atoms with Gasteiger partial charge in [0.2, 0.25) is 0 Å². The highest BCUT2D eigenvalue weighted by atomic mass is 16.4. The Hall–Kier alpha value is -3.28. The average Bonchev–Trinajstić information content (AvgIpc) is 3.18. The largest absolute Gasteiger partial charge is 0.456 e. The standard InChI is InChI=1S/C19H18N2O4/c1-11-4-7-14(20-18(22)16-8-5-12(2)24-16)15(10-11)21-19(23)17-9-6-13(3)25-17/h4-10H,1-3H3,(H,20,22)(H,21,23). The van der Waals surface area contributed by atoms with E-state index in [2.05, 4.69) is 10.6 Å². The maximum atomic E-state index is 12.3. The summed E-state index contributed by atoms with van der Waals surface area (Å²) in [5.41, 5.74) is 1.90. The van der Waals surface area contributed by atoms with E-state index in [4.69, 9.17) is 8.83 Å². The molecule has 128 valence electrons. The Kier molecular flexibility index (Phi) is 4.43. The zero-order chi connectivity index (χ0) is 18.0. The van der Waals surface area contributed by atoms with Gasteiger partial charge in [-0.05, 0) is 62.7 Å². The van der Waals surface area contributed by atoms with Crippen LogP contribution in [0.5, 0.6) is 0 Å². The first-order chi connectivity index (χ1) is 11.9. The van der Waals surface area contributed by atoms with Crippen molar-refractivity contribution in [3.63, 3.8) is 0 Å². The summed E-state index contributed by atoms with van der Waals surface area (Å²) in [6.07, 6.45) is 0. The van der Waals surface area contributed by atoms with Gasteiger partial charge in [-0.1, -0.05) is 6.07 Å². The molecular formula is C19H18N2O4. The van der Waals surface area contributed by atoms with Crippen LogP contribution in [0.15, 0.2) is 51.3 Å². The van der Waals surface area contributed by atoms with E-state index in [9.17, 15) is 9.59 Å². The van der Waals surface area contributed by atoms with Gasteiger partial charge in [0, 0.05) is 0 Å². The third-order valence-corrected chi connectivity index (χ3v) is 3.60. The summed E-state index contributed by atoms with van der Waals surface area (Å²) in [6.45, 7) is 5.42. The average molecular weight is 338 g/mol. The molecule has 1 aromatic carbocycles. The van der Waals surface area contributed by atoms with Crippen LogP contribution < -0.4 is 10.6 Å². The molecule has 2 amide bonds. The van der Waals surface area contributed by atoms with E-state index in [1.165, 1.54) is 0 Å². The number of aryl methyl sites for hydroxylation is 3. The summed E-state index contributed by atoms with van der Waals surface area (Å²) in [4.78, 5) is 24.6. The Labute approximate surface area is 144 Å². The van der Waals surface area contributed by atoms with Gasteiger partial charge >= 0.3 is 0 Å². The van der Waals surface area contributed by atoms with Gasteiger partial charge in [0.05, 0.1) is 11.4 Å². The summed E-state index contributed by atoms with van der Waals surface area (Å²) < 4.78 is 10.6. The van der Waals surface area contributed by atoms with Crippen LogP contribution in [0.25, 0.3) is 0 Å². The summed E-state index contributed by atoms with van der Waals surface area (Å²) in [6, 6.07) is 12.0. The minimum atomic E-state index is -0.388. The van der Waals surface area contributed by atoms with Gasteiger partial charge in [0.1, 0.15) is 11.5 Å². The summed E-state index contributed by atoms with van der Waals surface area (Å²) in [5.74, 6) is 0.936. The molecule has 0 bridgehead atoms. The number of rotatable bonds is 4. The number of anilines is 2. The van der Waals surface area contributed by atoms with Crippen molar-refractivity contribution in [1.82, 2.24) is 0 Å². The first kappa shape index (κ1) is 16.6. The van der Waals surface area contributed by atoms with E-state index >= 15 is 0 Å². The van der Waals surface area contributed by atoms with E-state index in [-0.39, 0.29) is 23.3 Å². The highest BCUT2D eigenvalue weighted by Crippen LogP contribution is 2.25. The maximum absolute atomic E-state index is 12.3. The molecule has 0 aliphatic heterocycles. The van der Waals surface area contributed by atoms with Gasteiger partial charge in [0.25, 0.3) is 11.8 Å². The molecule has 25 heavy (non-hydrogen) atoms. The molecule has 6 heteroatoms. The van der Waals surface area contributed by atoms with Gasteiger partial charge < -0.3 is 19.5 Å². The number of amides is 2. The molecule has 0 saturated heterocycles. The molecule has 0 unspecified atom stereocenters. The van der Waals surface area contributed by atoms with Gasteiger partial charge in [-0.3, -0.25) is 9.59 Å². The minimum Gasteiger partial charge on any atom is -0.456 e. The Morgan fingerprint density at radius 3 is 1.72 bits per heavy atom. The number of nitrogens with one attached hydrogen (secondary N) is 2. The van der Waals surface area contributed by atoms with Crippen LogP contribution in [0.3, 0.4) is 0 Å². The number of hydrogen-bond acceptors (Lipinski definition) is 4. The molecule has 0 spiro atoms. The Morgan fingerprint density at radius 2 is 1.24 bits per heavy atom. The van der Waals surface area contributed by atoms with Crippen LogP contribution in [0.2, 0.25) is 0 Å². The molecule has 0 atom stereocenters. The van der Waals surface area contributed by atoms with Crippen LogP contribution in [-0.4, -0.2) is 11.8 Å². The fourth-order valence-corrected chi connectivity index (χ4v) is 2.35. The predicted molar refractivity (Wildman–Crippen MR) is 94.0 cm³/mol. The fraction of sp³-hybridized carbons (Fsp3) is 0.158. The molecule has 3 rings (SSSR count). The Balaban J connectivity index is 1.82. The van der Waals surface area contributed by atoms with Crippen molar-refractivity contribution < 1.29 is 18.4 Å². The van der Waals surface area contributed by atoms with Crippen LogP contribution >= 0.6 is 0 Å². The smallest absolute Gasteiger partial charge is 0.291 e. The summed E-state index contributed by atoms with van der Waals surface area (Å²) in [5, 5.41) is 5.52. The number of carbonyl (C=O) groups excluding carboxylic acids is 2. The second-order valence-corrected chi connectivity index (χ2v) is 5.78. The second-order valence-electron chi connectivity index (χ2n) is 5.78. The molecule has 0 aliphatic carbocycles. The van der Waals surface area contributed by atoms with Crippen molar-refractivity contribution in [2.24, 2.45) is 0 Å². The third kappa shape index (κ3) is 3.80. The fourth-order valence-electron chi connectivity index (χ4n) is 2.35. The number of furan rings is 2. The lowest BCUT2D eigenvalue weighted by Gasteiger charge is -2.12.